The maximum absolute atomic E-state index is 12.3. The zero-order valence-corrected chi connectivity index (χ0v) is 14.7. The number of furan rings is 1. The van der Waals surface area contributed by atoms with Crippen LogP contribution in [0.3, 0.4) is 0 Å². The number of amides is 1. The number of nitrogens with zero attached hydrogens (tertiary/aromatic N) is 2. The van der Waals surface area contributed by atoms with Crippen molar-refractivity contribution in [2.24, 2.45) is 0 Å². The van der Waals surface area contributed by atoms with Crippen molar-refractivity contribution in [2.75, 3.05) is 44.2 Å². The molecular weight excluding hydrogens is 326 g/mol. The smallest absolute Gasteiger partial charge is 0.287 e. The first-order valence-electron chi connectivity index (χ1n) is 9.09. The Bertz CT molecular complexity index is 834. The summed E-state index contributed by atoms with van der Waals surface area (Å²) in [5, 5.41) is 3.92. The van der Waals surface area contributed by atoms with E-state index in [1.165, 1.54) is 5.69 Å². The van der Waals surface area contributed by atoms with E-state index in [1.807, 2.05) is 30.3 Å². The standard InChI is InChI=1S/C21H23N3O2/c25-21(20-16-17-6-4-5-9-19(17)26-20)22-10-11-23-12-14-24(15-13-23)18-7-2-1-3-8-18/h1-9,16H,10-15H2,(H,22,25). The van der Waals surface area contributed by atoms with E-state index in [4.69, 9.17) is 4.42 Å². The molecule has 1 aliphatic rings. The summed E-state index contributed by atoms with van der Waals surface area (Å²) in [4.78, 5) is 17.1. The van der Waals surface area contributed by atoms with E-state index in [1.54, 1.807) is 6.07 Å². The number of carbonyl (C=O) groups is 1. The van der Waals surface area contributed by atoms with Gasteiger partial charge in [0.15, 0.2) is 5.76 Å². The minimum absolute atomic E-state index is 0.149. The molecule has 1 amide bonds. The van der Waals surface area contributed by atoms with Crippen LogP contribution >= 0.6 is 0 Å². The van der Waals surface area contributed by atoms with Crippen LogP contribution in [0.5, 0.6) is 0 Å². The van der Waals surface area contributed by atoms with Crippen molar-refractivity contribution in [3.8, 4) is 0 Å². The summed E-state index contributed by atoms with van der Waals surface area (Å²) in [6, 6.07) is 20.0. The van der Waals surface area contributed by atoms with Gasteiger partial charge in [-0.3, -0.25) is 9.69 Å². The molecule has 1 aliphatic heterocycles. The Balaban J connectivity index is 1.23. The first-order valence-corrected chi connectivity index (χ1v) is 9.09. The van der Waals surface area contributed by atoms with Crippen molar-refractivity contribution >= 4 is 22.6 Å². The van der Waals surface area contributed by atoms with E-state index in [-0.39, 0.29) is 5.91 Å². The lowest BCUT2D eigenvalue weighted by Gasteiger charge is -2.36. The minimum Gasteiger partial charge on any atom is -0.451 e. The number of hydrogen-bond acceptors (Lipinski definition) is 4. The van der Waals surface area contributed by atoms with Crippen molar-refractivity contribution < 1.29 is 9.21 Å². The molecule has 0 radical (unpaired) electrons. The Morgan fingerprint density at radius 3 is 2.46 bits per heavy atom. The normalized spacial score (nSPS) is 15.3. The monoisotopic (exact) mass is 349 g/mol. The third-order valence-corrected chi connectivity index (χ3v) is 4.86. The van der Waals surface area contributed by atoms with Gasteiger partial charge in [0, 0.05) is 50.3 Å². The van der Waals surface area contributed by atoms with E-state index in [0.29, 0.717) is 12.3 Å². The molecule has 1 aromatic heterocycles. The lowest BCUT2D eigenvalue weighted by Crippen LogP contribution is -2.48. The predicted molar refractivity (Wildman–Crippen MR) is 104 cm³/mol. The van der Waals surface area contributed by atoms with E-state index in [2.05, 4.69) is 39.4 Å². The molecule has 134 valence electrons. The number of nitrogens with one attached hydrogen (secondary N) is 1. The first kappa shape index (κ1) is 16.7. The van der Waals surface area contributed by atoms with E-state index >= 15 is 0 Å². The number of benzene rings is 2. The average Bonchev–Trinajstić information content (AvgIpc) is 3.13. The number of rotatable bonds is 5. The quantitative estimate of drug-likeness (QED) is 0.769. The summed E-state index contributed by atoms with van der Waals surface area (Å²) in [6.07, 6.45) is 0. The largest absolute Gasteiger partial charge is 0.451 e. The van der Waals surface area contributed by atoms with Gasteiger partial charge in [-0.05, 0) is 24.3 Å². The second kappa shape index (κ2) is 7.62. The SMILES string of the molecule is O=C(NCCN1CCN(c2ccccc2)CC1)c1cc2ccccc2o1. The topological polar surface area (TPSA) is 48.7 Å². The molecule has 0 bridgehead atoms. The summed E-state index contributed by atoms with van der Waals surface area (Å²) in [5.41, 5.74) is 2.03. The second-order valence-corrected chi connectivity index (χ2v) is 6.57. The van der Waals surface area contributed by atoms with Gasteiger partial charge in [0.25, 0.3) is 5.91 Å². The maximum atomic E-state index is 12.3. The van der Waals surface area contributed by atoms with Gasteiger partial charge in [0.1, 0.15) is 5.58 Å². The molecule has 2 heterocycles. The summed E-state index contributed by atoms with van der Waals surface area (Å²) in [7, 11) is 0. The minimum atomic E-state index is -0.149. The lowest BCUT2D eigenvalue weighted by molar-refractivity contribution is 0.0922. The molecular formula is C21H23N3O2. The molecule has 0 unspecified atom stereocenters. The fourth-order valence-electron chi connectivity index (χ4n) is 3.38. The fraction of sp³-hybridized carbons (Fsp3) is 0.286. The molecule has 0 atom stereocenters. The number of para-hydroxylation sites is 2. The molecule has 5 heteroatoms. The molecule has 3 aromatic rings. The number of anilines is 1. The predicted octanol–water partition coefficient (Wildman–Crippen LogP) is 2.98. The molecule has 5 nitrogen and oxygen atoms in total. The number of hydrogen-bond donors (Lipinski definition) is 1. The maximum Gasteiger partial charge on any atom is 0.287 e. The highest BCUT2D eigenvalue weighted by atomic mass is 16.3. The highest BCUT2D eigenvalue weighted by Crippen LogP contribution is 2.18. The van der Waals surface area contributed by atoms with E-state index < -0.39 is 0 Å². The Kier molecular flexibility index (Phi) is 4.88. The number of carbonyl (C=O) groups excluding carboxylic acids is 1. The Hall–Kier alpha value is -2.79. The Morgan fingerprint density at radius 2 is 1.69 bits per heavy atom. The number of piperazine rings is 1. The third-order valence-electron chi connectivity index (χ3n) is 4.86. The summed E-state index contributed by atoms with van der Waals surface area (Å²) in [6.45, 7) is 5.53. The highest BCUT2D eigenvalue weighted by Gasteiger charge is 2.17. The molecule has 1 fully saturated rings. The molecule has 1 N–H and O–H groups in total. The molecule has 4 rings (SSSR count). The van der Waals surface area contributed by atoms with Crippen molar-refractivity contribution in [3.05, 3.63) is 66.4 Å². The molecule has 26 heavy (non-hydrogen) atoms. The fourth-order valence-corrected chi connectivity index (χ4v) is 3.38. The van der Waals surface area contributed by atoms with Crippen molar-refractivity contribution in [3.63, 3.8) is 0 Å². The molecule has 0 saturated carbocycles. The van der Waals surface area contributed by atoms with Crippen LogP contribution in [0.15, 0.2) is 65.1 Å². The van der Waals surface area contributed by atoms with Crippen LogP contribution in [0.2, 0.25) is 0 Å². The van der Waals surface area contributed by atoms with Crippen LogP contribution in [-0.4, -0.2) is 50.1 Å². The number of fused-ring (bicyclic) bond motifs is 1. The van der Waals surface area contributed by atoms with E-state index in [0.717, 1.165) is 43.7 Å². The van der Waals surface area contributed by atoms with Gasteiger partial charge < -0.3 is 14.6 Å². The van der Waals surface area contributed by atoms with Crippen LogP contribution in [0.1, 0.15) is 10.6 Å². The van der Waals surface area contributed by atoms with Gasteiger partial charge in [0.2, 0.25) is 0 Å². The van der Waals surface area contributed by atoms with E-state index in [9.17, 15) is 4.79 Å². The average molecular weight is 349 g/mol. The molecule has 0 aliphatic carbocycles. The van der Waals surface area contributed by atoms with Gasteiger partial charge >= 0.3 is 0 Å². The van der Waals surface area contributed by atoms with Crippen molar-refractivity contribution in [1.82, 2.24) is 10.2 Å². The summed E-state index contributed by atoms with van der Waals surface area (Å²) >= 11 is 0. The van der Waals surface area contributed by atoms with Gasteiger partial charge in [0.05, 0.1) is 0 Å². The Morgan fingerprint density at radius 1 is 0.962 bits per heavy atom. The zero-order valence-electron chi connectivity index (χ0n) is 14.7. The highest BCUT2D eigenvalue weighted by molar-refractivity contribution is 5.96. The van der Waals surface area contributed by atoms with Gasteiger partial charge in [-0.2, -0.15) is 0 Å². The third kappa shape index (κ3) is 3.73. The lowest BCUT2D eigenvalue weighted by atomic mass is 10.2. The van der Waals surface area contributed by atoms with Crippen LogP contribution in [0, 0.1) is 0 Å². The van der Waals surface area contributed by atoms with Crippen LogP contribution in [-0.2, 0) is 0 Å². The zero-order chi connectivity index (χ0) is 17.8. The van der Waals surface area contributed by atoms with Gasteiger partial charge in [-0.25, -0.2) is 0 Å². The molecule has 0 spiro atoms. The second-order valence-electron chi connectivity index (χ2n) is 6.57. The van der Waals surface area contributed by atoms with Gasteiger partial charge in [-0.15, -0.1) is 0 Å². The van der Waals surface area contributed by atoms with Gasteiger partial charge in [-0.1, -0.05) is 36.4 Å². The Labute approximate surface area is 153 Å². The van der Waals surface area contributed by atoms with Crippen LogP contribution in [0.25, 0.3) is 11.0 Å². The summed E-state index contributed by atoms with van der Waals surface area (Å²) < 4.78 is 5.60. The van der Waals surface area contributed by atoms with Crippen molar-refractivity contribution in [1.29, 1.82) is 0 Å². The molecule has 2 aromatic carbocycles. The molecule has 1 saturated heterocycles. The van der Waals surface area contributed by atoms with Crippen molar-refractivity contribution in [2.45, 2.75) is 0 Å². The van der Waals surface area contributed by atoms with Crippen LogP contribution < -0.4 is 10.2 Å². The first-order chi connectivity index (χ1) is 12.8. The van der Waals surface area contributed by atoms with Crippen LogP contribution in [0.4, 0.5) is 5.69 Å². The summed E-state index contributed by atoms with van der Waals surface area (Å²) in [5.74, 6) is 0.226.